The van der Waals surface area contributed by atoms with Crippen molar-refractivity contribution < 1.29 is 17.4 Å². The smallest absolute Gasteiger partial charge is 0.173 e. The molecule has 0 aromatic carbocycles. The van der Waals surface area contributed by atoms with Crippen LogP contribution in [0, 0.1) is 11.5 Å². The molecular formula is CH2CrN2. The van der Waals surface area contributed by atoms with Gasteiger partial charge in [-0.05, 0) is 0 Å². The average Bonchev–Trinajstić information content (AvgIpc) is 0.918. The minimum atomic E-state index is 0. The topological polar surface area (TPSA) is 49.8 Å². The third kappa shape index (κ3) is 39.1. The summed E-state index contributed by atoms with van der Waals surface area (Å²) in [5.74, 6) is 0. The van der Waals surface area contributed by atoms with Crippen LogP contribution in [0.1, 0.15) is 0 Å². The summed E-state index contributed by atoms with van der Waals surface area (Å²) in [6, 6.07) is 0. The van der Waals surface area contributed by atoms with Crippen LogP contribution in [0.3, 0.4) is 0 Å². The zero-order valence-corrected chi connectivity index (χ0v) is 3.21. The Morgan fingerprint density at radius 1 is 1.75 bits per heavy atom. The van der Waals surface area contributed by atoms with Gasteiger partial charge in [0.05, 0.1) is 0 Å². The van der Waals surface area contributed by atoms with Crippen molar-refractivity contribution in [3.63, 3.8) is 0 Å². The van der Waals surface area contributed by atoms with E-state index in [4.69, 9.17) is 5.26 Å². The summed E-state index contributed by atoms with van der Waals surface area (Å²) in [6.45, 7) is 0. The van der Waals surface area contributed by atoms with Crippen LogP contribution in [0.15, 0.2) is 0 Å². The van der Waals surface area contributed by atoms with Crippen molar-refractivity contribution >= 4 is 0 Å². The average molecular weight is 94.0 g/mol. The van der Waals surface area contributed by atoms with Gasteiger partial charge in [0.2, 0.25) is 0 Å². The Hall–Kier alpha value is -0.178. The summed E-state index contributed by atoms with van der Waals surface area (Å²) < 4.78 is 0. The Morgan fingerprint density at radius 3 is 1.75 bits per heavy atom. The monoisotopic (exact) mass is 94.0 g/mol. The largest absolute Gasteiger partial charge is 0.337 e. The predicted octanol–water partition coefficient (Wildman–Crippen LogP) is -0.576. The van der Waals surface area contributed by atoms with Gasteiger partial charge in [-0.3, -0.25) is 0 Å². The van der Waals surface area contributed by atoms with E-state index in [0.29, 0.717) is 0 Å². The van der Waals surface area contributed by atoms with Crippen LogP contribution in [0.4, 0.5) is 0 Å². The van der Waals surface area contributed by atoms with Crippen LogP contribution in [0.5, 0.6) is 0 Å². The van der Waals surface area contributed by atoms with Crippen LogP contribution in [-0.4, -0.2) is 0 Å². The number of nitriles is 1. The maximum absolute atomic E-state index is 7.10. The molecule has 2 nitrogen and oxygen atoms in total. The quantitative estimate of drug-likeness (QED) is 0.322. The molecule has 0 aliphatic heterocycles. The van der Waals surface area contributed by atoms with Crippen molar-refractivity contribution in [1.29, 1.82) is 5.26 Å². The molecule has 4 heavy (non-hydrogen) atoms. The first-order valence-corrected chi connectivity index (χ1v) is 0.512. The van der Waals surface area contributed by atoms with E-state index in [0.717, 1.165) is 0 Å². The van der Waals surface area contributed by atoms with Gasteiger partial charge in [0.25, 0.3) is 0 Å². The maximum Gasteiger partial charge on any atom is 0.173 e. The van der Waals surface area contributed by atoms with Gasteiger partial charge < -0.3 is 5.73 Å². The van der Waals surface area contributed by atoms with Gasteiger partial charge in [-0.15, -0.1) is 0 Å². The van der Waals surface area contributed by atoms with Gasteiger partial charge in [-0.1, -0.05) is 0 Å². The molecular weight excluding hydrogens is 92.0 g/mol. The predicted molar refractivity (Wildman–Crippen MR) is 9.80 cm³/mol. The van der Waals surface area contributed by atoms with Crippen LogP contribution in [-0.2, 0) is 17.4 Å². The van der Waals surface area contributed by atoms with Crippen LogP contribution in [0.25, 0.3) is 0 Å². The van der Waals surface area contributed by atoms with Crippen LogP contribution >= 0.6 is 0 Å². The summed E-state index contributed by atoms with van der Waals surface area (Å²) in [6.07, 6.45) is 1.25. The van der Waals surface area contributed by atoms with Crippen LogP contribution in [0.2, 0.25) is 0 Å². The van der Waals surface area contributed by atoms with E-state index in [9.17, 15) is 0 Å². The molecule has 0 saturated heterocycles. The van der Waals surface area contributed by atoms with Crippen molar-refractivity contribution in [3.8, 4) is 6.19 Å². The van der Waals surface area contributed by atoms with Gasteiger partial charge in [0, 0.05) is 17.4 Å². The van der Waals surface area contributed by atoms with Crippen molar-refractivity contribution in [3.05, 3.63) is 0 Å². The molecule has 0 atom stereocenters. The Balaban J connectivity index is 0. The van der Waals surface area contributed by atoms with E-state index in [1.807, 2.05) is 0 Å². The summed E-state index contributed by atoms with van der Waals surface area (Å²) in [5, 5.41) is 7.10. The molecule has 0 saturated carbocycles. The molecule has 0 bridgehead atoms. The Labute approximate surface area is 35.3 Å². The second-order valence-electron chi connectivity index (χ2n) is 0.129. The van der Waals surface area contributed by atoms with Gasteiger partial charge in [0.15, 0.2) is 6.19 Å². The molecule has 0 aliphatic carbocycles. The van der Waals surface area contributed by atoms with Gasteiger partial charge >= 0.3 is 0 Å². The molecule has 0 heterocycles. The Kier molecular flexibility index (Phi) is 31.8. The zero-order chi connectivity index (χ0) is 2.71. The standard InChI is InChI=1S/CH2N2.Cr/c2-1-3;/h2H2;. The van der Waals surface area contributed by atoms with E-state index in [1.54, 1.807) is 0 Å². The van der Waals surface area contributed by atoms with E-state index in [-0.39, 0.29) is 17.4 Å². The van der Waals surface area contributed by atoms with E-state index >= 15 is 0 Å². The molecule has 0 aromatic rings. The van der Waals surface area contributed by atoms with Gasteiger partial charge in [-0.25, -0.2) is 0 Å². The second kappa shape index (κ2) is 13.9. The SMILES string of the molecule is N#CN.[Cr]. The number of hydrogen-bond donors (Lipinski definition) is 1. The van der Waals surface area contributed by atoms with Gasteiger partial charge in [0.1, 0.15) is 0 Å². The van der Waals surface area contributed by atoms with E-state index in [2.05, 4.69) is 5.73 Å². The molecule has 0 unspecified atom stereocenters. The minimum Gasteiger partial charge on any atom is -0.337 e. The molecule has 0 fully saturated rings. The van der Waals surface area contributed by atoms with E-state index < -0.39 is 0 Å². The first-order chi connectivity index (χ1) is 1.41. The summed E-state index contributed by atoms with van der Waals surface area (Å²) in [5.41, 5.74) is 4.15. The fourth-order valence-electron chi connectivity index (χ4n) is 0. The molecule has 0 amide bonds. The third-order valence-electron chi connectivity index (χ3n) is 0. The number of nitrogens with zero attached hydrogens (tertiary/aromatic N) is 1. The van der Waals surface area contributed by atoms with Gasteiger partial charge in [-0.2, -0.15) is 5.26 Å². The molecule has 0 aliphatic rings. The number of nitrogens with two attached hydrogens (primary N) is 1. The fraction of sp³-hybridized carbons (Fsp3) is 0. The summed E-state index contributed by atoms with van der Waals surface area (Å²) in [7, 11) is 0. The number of rotatable bonds is 0. The molecule has 0 rings (SSSR count). The number of hydrogen-bond acceptors (Lipinski definition) is 2. The normalized spacial score (nSPS) is 1.75. The van der Waals surface area contributed by atoms with Crippen molar-refractivity contribution in [1.82, 2.24) is 0 Å². The summed E-state index contributed by atoms with van der Waals surface area (Å²) in [4.78, 5) is 0. The first kappa shape index (κ1) is 9.17. The van der Waals surface area contributed by atoms with Crippen molar-refractivity contribution in [2.45, 2.75) is 0 Å². The van der Waals surface area contributed by atoms with E-state index in [1.165, 1.54) is 6.19 Å². The maximum atomic E-state index is 7.10. The van der Waals surface area contributed by atoms with Crippen molar-refractivity contribution in [2.75, 3.05) is 0 Å². The fourth-order valence-corrected chi connectivity index (χ4v) is 0. The zero-order valence-electron chi connectivity index (χ0n) is 1.93. The molecule has 0 radical (unpaired) electrons. The van der Waals surface area contributed by atoms with Crippen molar-refractivity contribution in [2.24, 2.45) is 5.73 Å². The molecule has 2 N–H and O–H groups in total. The Morgan fingerprint density at radius 2 is 1.75 bits per heavy atom. The summed E-state index contributed by atoms with van der Waals surface area (Å²) >= 11 is 0. The van der Waals surface area contributed by atoms with Crippen LogP contribution < -0.4 is 5.73 Å². The molecule has 0 spiro atoms. The Bertz CT molecular complexity index is 27.5. The minimum absolute atomic E-state index is 0. The first-order valence-electron chi connectivity index (χ1n) is 0.512. The molecule has 22 valence electrons. The molecule has 0 aromatic heterocycles. The third-order valence-corrected chi connectivity index (χ3v) is 0. The molecule has 3 heteroatoms. The second-order valence-corrected chi connectivity index (χ2v) is 0.129.